The molecule has 8 nitrogen and oxygen atoms in total. The van der Waals surface area contributed by atoms with E-state index in [1.54, 1.807) is 0 Å². The average Bonchev–Trinajstić information content (AvgIpc) is 2.54. The van der Waals surface area contributed by atoms with Crippen molar-refractivity contribution in [2.45, 2.75) is 9.79 Å². The molecule has 26 heavy (non-hydrogen) atoms. The fourth-order valence-electron chi connectivity index (χ4n) is 1.95. The fraction of sp³-hybridized carbons (Fsp3) is 0.125. The zero-order chi connectivity index (χ0) is 19.5. The molecule has 2 aromatic rings. The van der Waals surface area contributed by atoms with Gasteiger partial charge in [-0.05, 0) is 48.5 Å². The van der Waals surface area contributed by atoms with Crippen LogP contribution in [0.1, 0.15) is 0 Å². The number of nitrogens with one attached hydrogen (secondary N) is 2. The molecule has 0 radical (unpaired) electrons. The maximum Gasteiger partial charge on any atom is 0.314 e. The SMILES string of the molecule is CS(=O)(=O)c1ccc(NC(=O)C(=O)Nc2ccc(S(C)(=O)=O)cc2)cc1. The van der Waals surface area contributed by atoms with E-state index in [9.17, 15) is 26.4 Å². The summed E-state index contributed by atoms with van der Waals surface area (Å²) in [6.45, 7) is 0. The molecular formula is C16H16N2O6S2. The number of sulfone groups is 2. The summed E-state index contributed by atoms with van der Waals surface area (Å²) in [5.74, 6) is -1.91. The number of carbonyl (C=O) groups is 2. The Kier molecular flexibility index (Phi) is 5.47. The van der Waals surface area contributed by atoms with Crippen LogP contribution in [0.3, 0.4) is 0 Å². The van der Waals surface area contributed by atoms with Crippen LogP contribution in [0.25, 0.3) is 0 Å². The first-order valence-electron chi connectivity index (χ1n) is 7.19. The highest BCUT2D eigenvalue weighted by Gasteiger charge is 2.15. The van der Waals surface area contributed by atoms with Gasteiger partial charge < -0.3 is 10.6 Å². The Labute approximate surface area is 151 Å². The van der Waals surface area contributed by atoms with Crippen LogP contribution in [0.2, 0.25) is 0 Å². The lowest BCUT2D eigenvalue weighted by atomic mass is 10.3. The Morgan fingerprint density at radius 1 is 0.615 bits per heavy atom. The molecule has 0 unspecified atom stereocenters. The van der Waals surface area contributed by atoms with Gasteiger partial charge >= 0.3 is 11.8 Å². The van der Waals surface area contributed by atoms with Crippen LogP contribution in [-0.4, -0.2) is 41.2 Å². The fourth-order valence-corrected chi connectivity index (χ4v) is 3.21. The van der Waals surface area contributed by atoms with Gasteiger partial charge in [0.05, 0.1) is 9.79 Å². The number of hydrogen-bond donors (Lipinski definition) is 2. The van der Waals surface area contributed by atoms with Gasteiger partial charge in [0.1, 0.15) is 0 Å². The third kappa shape index (κ3) is 5.14. The summed E-state index contributed by atoms with van der Waals surface area (Å²) >= 11 is 0. The van der Waals surface area contributed by atoms with Crippen molar-refractivity contribution in [3.8, 4) is 0 Å². The lowest BCUT2D eigenvalue weighted by molar-refractivity contribution is -0.132. The first kappa shape index (κ1) is 19.6. The quantitative estimate of drug-likeness (QED) is 0.745. The van der Waals surface area contributed by atoms with Gasteiger partial charge in [0.15, 0.2) is 19.7 Å². The predicted molar refractivity (Wildman–Crippen MR) is 96.4 cm³/mol. The Hall–Kier alpha value is -2.72. The van der Waals surface area contributed by atoms with Crippen LogP contribution in [0.4, 0.5) is 11.4 Å². The van der Waals surface area contributed by atoms with Gasteiger partial charge in [-0.2, -0.15) is 0 Å². The van der Waals surface area contributed by atoms with Crippen LogP contribution < -0.4 is 10.6 Å². The second kappa shape index (κ2) is 7.26. The molecule has 2 amide bonds. The minimum Gasteiger partial charge on any atom is -0.318 e. The zero-order valence-electron chi connectivity index (χ0n) is 13.9. The molecule has 0 spiro atoms. The van der Waals surface area contributed by atoms with E-state index in [4.69, 9.17) is 0 Å². The molecule has 0 saturated heterocycles. The summed E-state index contributed by atoms with van der Waals surface area (Å²) in [6.07, 6.45) is 2.12. The third-order valence-corrected chi connectivity index (χ3v) is 5.54. The summed E-state index contributed by atoms with van der Waals surface area (Å²) in [4.78, 5) is 24.0. The maximum absolute atomic E-state index is 11.9. The molecule has 138 valence electrons. The van der Waals surface area contributed by atoms with Crippen molar-refractivity contribution < 1.29 is 26.4 Å². The number of carbonyl (C=O) groups excluding carboxylic acids is 2. The van der Waals surface area contributed by atoms with E-state index in [2.05, 4.69) is 10.6 Å². The first-order valence-corrected chi connectivity index (χ1v) is 11.0. The lowest BCUT2D eigenvalue weighted by Crippen LogP contribution is -2.29. The van der Waals surface area contributed by atoms with E-state index >= 15 is 0 Å². The minimum absolute atomic E-state index is 0.0888. The number of amides is 2. The summed E-state index contributed by atoms with van der Waals surface area (Å²) in [5, 5.41) is 4.67. The van der Waals surface area contributed by atoms with E-state index in [-0.39, 0.29) is 21.2 Å². The van der Waals surface area contributed by atoms with E-state index in [1.807, 2.05) is 0 Å². The van der Waals surface area contributed by atoms with Gasteiger partial charge in [0.2, 0.25) is 0 Å². The Balaban J connectivity index is 2.02. The van der Waals surface area contributed by atoms with Gasteiger partial charge in [0.25, 0.3) is 0 Å². The number of anilines is 2. The monoisotopic (exact) mass is 396 g/mol. The molecule has 2 N–H and O–H groups in total. The molecule has 10 heteroatoms. The van der Waals surface area contributed by atoms with Crippen molar-refractivity contribution in [1.82, 2.24) is 0 Å². The Bertz CT molecular complexity index is 953. The van der Waals surface area contributed by atoms with Gasteiger partial charge in [-0.15, -0.1) is 0 Å². The highest BCUT2D eigenvalue weighted by molar-refractivity contribution is 7.91. The summed E-state index contributed by atoms with van der Waals surface area (Å²) in [7, 11) is -6.71. The van der Waals surface area contributed by atoms with E-state index in [0.717, 1.165) is 12.5 Å². The third-order valence-electron chi connectivity index (χ3n) is 3.29. The number of hydrogen-bond acceptors (Lipinski definition) is 6. The molecule has 0 aliphatic heterocycles. The normalized spacial score (nSPS) is 11.6. The number of benzene rings is 2. The molecule has 0 aliphatic carbocycles. The molecule has 2 aromatic carbocycles. The van der Waals surface area contributed by atoms with Gasteiger partial charge in [0, 0.05) is 23.9 Å². The molecule has 2 rings (SSSR count). The van der Waals surface area contributed by atoms with E-state index in [1.165, 1.54) is 48.5 Å². The first-order chi connectivity index (χ1) is 12.0. The van der Waals surface area contributed by atoms with Crippen LogP contribution in [0.15, 0.2) is 58.3 Å². The van der Waals surface area contributed by atoms with Crippen LogP contribution in [-0.2, 0) is 29.3 Å². The number of rotatable bonds is 4. The molecular weight excluding hydrogens is 380 g/mol. The predicted octanol–water partition coefficient (Wildman–Crippen LogP) is 1.07. The lowest BCUT2D eigenvalue weighted by Gasteiger charge is -2.07. The van der Waals surface area contributed by atoms with Crippen molar-refractivity contribution in [2.75, 3.05) is 23.1 Å². The van der Waals surface area contributed by atoms with Gasteiger partial charge in [-0.1, -0.05) is 0 Å². The molecule has 0 heterocycles. The average molecular weight is 396 g/mol. The molecule has 0 saturated carbocycles. The van der Waals surface area contributed by atoms with Crippen LogP contribution in [0, 0.1) is 0 Å². The van der Waals surface area contributed by atoms with Gasteiger partial charge in [-0.25, -0.2) is 16.8 Å². The molecule has 0 aromatic heterocycles. The van der Waals surface area contributed by atoms with Crippen LogP contribution >= 0.6 is 0 Å². The van der Waals surface area contributed by atoms with Crippen molar-refractivity contribution >= 4 is 42.9 Å². The topological polar surface area (TPSA) is 126 Å². The highest BCUT2D eigenvalue weighted by atomic mass is 32.2. The standard InChI is InChI=1S/C16H16N2O6S2/c1-25(21,22)13-7-3-11(4-8-13)17-15(19)16(20)18-12-5-9-14(10-6-12)26(2,23)24/h3-10H,1-2H3,(H,17,19)(H,18,20). The Morgan fingerprint density at radius 2 is 0.885 bits per heavy atom. The zero-order valence-corrected chi connectivity index (χ0v) is 15.5. The summed E-state index contributed by atoms with van der Waals surface area (Å²) in [6, 6.07) is 10.7. The molecule has 0 fully saturated rings. The molecule has 0 atom stereocenters. The second-order valence-corrected chi connectivity index (χ2v) is 9.53. The van der Waals surface area contributed by atoms with Gasteiger partial charge in [-0.3, -0.25) is 9.59 Å². The summed E-state index contributed by atoms with van der Waals surface area (Å²) in [5.41, 5.74) is 0.509. The molecule has 0 bridgehead atoms. The molecule has 0 aliphatic rings. The maximum atomic E-state index is 11.9. The largest absolute Gasteiger partial charge is 0.318 e. The smallest absolute Gasteiger partial charge is 0.314 e. The van der Waals surface area contributed by atoms with Crippen molar-refractivity contribution in [2.24, 2.45) is 0 Å². The van der Waals surface area contributed by atoms with Crippen LogP contribution in [0.5, 0.6) is 0 Å². The highest BCUT2D eigenvalue weighted by Crippen LogP contribution is 2.15. The Morgan fingerprint density at radius 3 is 1.12 bits per heavy atom. The van der Waals surface area contributed by atoms with Crippen molar-refractivity contribution in [3.63, 3.8) is 0 Å². The second-order valence-electron chi connectivity index (χ2n) is 5.50. The minimum atomic E-state index is -3.35. The van der Waals surface area contributed by atoms with E-state index < -0.39 is 31.5 Å². The van der Waals surface area contributed by atoms with Crippen molar-refractivity contribution in [1.29, 1.82) is 0 Å². The van der Waals surface area contributed by atoms with Crippen molar-refractivity contribution in [3.05, 3.63) is 48.5 Å². The van der Waals surface area contributed by atoms with E-state index in [0.29, 0.717) is 0 Å². The summed E-state index contributed by atoms with van der Waals surface area (Å²) < 4.78 is 45.5.